The number of carbonyl (C=O) groups is 1. The van der Waals surface area contributed by atoms with Crippen molar-refractivity contribution in [2.24, 2.45) is 0 Å². The lowest BCUT2D eigenvalue weighted by Gasteiger charge is -2.05. The van der Waals surface area contributed by atoms with E-state index < -0.39 is 8.69 Å². The number of rotatable bonds is 4. The van der Waals surface area contributed by atoms with Crippen molar-refractivity contribution < 1.29 is 13.9 Å². The zero-order valence-electron chi connectivity index (χ0n) is 8.87. The van der Waals surface area contributed by atoms with Crippen LogP contribution in [-0.4, -0.2) is 5.78 Å². The SMILES string of the molecule is O=POc1ccccc1C(=O)c1ccccc1. The van der Waals surface area contributed by atoms with Crippen LogP contribution in [0.2, 0.25) is 0 Å². The molecule has 84 valence electrons. The van der Waals surface area contributed by atoms with Gasteiger partial charge in [-0.2, -0.15) is 0 Å². The molecule has 0 saturated heterocycles. The summed E-state index contributed by atoms with van der Waals surface area (Å²) in [6, 6.07) is 15.6. The Morgan fingerprint density at radius 3 is 2.29 bits per heavy atom. The van der Waals surface area contributed by atoms with Gasteiger partial charge in [0.1, 0.15) is 5.75 Å². The van der Waals surface area contributed by atoms with Gasteiger partial charge >= 0.3 is 8.69 Å². The first-order valence-corrected chi connectivity index (χ1v) is 5.74. The van der Waals surface area contributed by atoms with Crippen molar-refractivity contribution in [1.82, 2.24) is 0 Å². The first kappa shape index (κ1) is 11.5. The van der Waals surface area contributed by atoms with Gasteiger partial charge in [0.2, 0.25) is 0 Å². The van der Waals surface area contributed by atoms with E-state index in [1.807, 2.05) is 6.07 Å². The second-order valence-electron chi connectivity index (χ2n) is 3.36. The molecule has 17 heavy (non-hydrogen) atoms. The highest BCUT2D eigenvalue weighted by molar-refractivity contribution is 7.17. The van der Waals surface area contributed by atoms with Crippen LogP contribution in [0.1, 0.15) is 15.9 Å². The van der Waals surface area contributed by atoms with Gasteiger partial charge in [-0.05, 0) is 12.1 Å². The maximum atomic E-state index is 12.2. The monoisotopic (exact) mass is 244 g/mol. The van der Waals surface area contributed by atoms with E-state index in [0.717, 1.165) is 0 Å². The number of hydrogen-bond donors (Lipinski definition) is 0. The van der Waals surface area contributed by atoms with E-state index in [1.54, 1.807) is 48.5 Å². The molecule has 0 fully saturated rings. The van der Waals surface area contributed by atoms with Gasteiger partial charge in [-0.3, -0.25) is 4.79 Å². The van der Waals surface area contributed by atoms with Gasteiger partial charge in [0, 0.05) is 5.56 Å². The molecule has 0 N–H and O–H groups in total. The molecule has 2 rings (SSSR count). The second kappa shape index (κ2) is 5.37. The molecule has 0 aromatic heterocycles. The molecule has 3 nitrogen and oxygen atoms in total. The minimum atomic E-state index is -0.470. The van der Waals surface area contributed by atoms with Crippen molar-refractivity contribution in [1.29, 1.82) is 0 Å². The predicted octanol–water partition coefficient (Wildman–Crippen LogP) is 3.50. The Kier molecular flexibility index (Phi) is 3.63. The summed E-state index contributed by atoms with van der Waals surface area (Å²) in [4.78, 5) is 12.2. The smallest absolute Gasteiger partial charge is 0.395 e. The fourth-order valence-corrected chi connectivity index (χ4v) is 1.76. The molecule has 0 amide bonds. The minimum Gasteiger partial charge on any atom is -0.407 e. The quantitative estimate of drug-likeness (QED) is 0.610. The first-order chi connectivity index (χ1) is 8.33. The summed E-state index contributed by atoms with van der Waals surface area (Å²) < 4.78 is 15.3. The molecule has 0 heterocycles. The Morgan fingerprint density at radius 1 is 0.941 bits per heavy atom. The standard InChI is InChI=1S/C13H9O3P/c14-13(10-6-2-1-3-7-10)11-8-4-5-9-12(11)16-17-15/h1-9H. The molecule has 0 bridgehead atoms. The first-order valence-electron chi connectivity index (χ1n) is 5.01. The van der Waals surface area contributed by atoms with E-state index in [4.69, 9.17) is 4.52 Å². The Hall–Kier alpha value is -1.99. The van der Waals surface area contributed by atoms with Gasteiger partial charge in [0.15, 0.2) is 5.78 Å². The molecule has 0 aliphatic rings. The molecule has 0 atom stereocenters. The summed E-state index contributed by atoms with van der Waals surface area (Å²) in [5.41, 5.74) is 0.980. The summed E-state index contributed by atoms with van der Waals surface area (Å²) in [7, 11) is -0.470. The largest absolute Gasteiger partial charge is 0.407 e. The lowest BCUT2D eigenvalue weighted by Crippen LogP contribution is -2.02. The van der Waals surface area contributed by atoms with E-state index >= 15 is 0 Å². The summed E-state index contributed by atoms with van der Waals surface area (Å²) in [6.07, 6.45) is 0. The van der Waals surface area contributed by atoms with Crippen LogP contribution in [0, 0.1) is 0 Å². The Morgan fingerprint density at radius 2 is 1.59 bits per heavy atom. The maximum Gasteiger partial charge on any atom is 0.395 e. The topological polar surface area (TPSA) is 43.4 Å². The van der Waals surface area contributed by atoms with E-state index in [-0.39, 0.29) is 5.78 Å². The third-order valence-electron chi connectivity index (χ3n) is 2.30. The van der Waals surface area contributed by atoms with Crippen molar-refractivity contribution in [2.75, 3.05) is 0 Å². The van der Waals surface area contributed by atoms with Crippen molar-refractivity contribution in [3.05, 3.63) is 65.7 Å². The maximum absolute atomic E-state index is 12.2. The highest BCUT2D eigenvalue weighted by atomic mass is 31.1. The van der Waals surface area contributed by atoms with E-state index in [9.17, 15) is 9.36 Å². The summed E-state index contributed by atoms with van der Waals surface area (Å²) in [5, 5.41) is 0. The molecule has 0 radical (unpaired) electrons. The summed E-state index contributed by atoms with van der Waals surface area (Å²) >= 11 is 0. The van der Waals surface area contributed by atoms with Crippen LogP contribution < -0.4 is 4.52 Å². The van der Waals surface area contributed by atoms with Crippen molar-refractivity contribution in [2.45, 2.75) is 0 Å². The molecule has 0 unspecified atom stereocenters. The van der Waals surface area contributed by atoms with Crippen molar-refractivity contribution >= 4 is 14.5 Å². The number of ketones is 1. The molecule has 0 spiro atoms. The summed E-state index contributed by atoms with van der Waals surface area (Å²) in [5.74, 6) is 0.169. The number of benzene rings is 2. The molecule has 4 heteroatoms. The second-order valence-corrected chi connectivity index (χ2v) is 3.69. The van der Waals surface area contributed by atoms with Crippen LogP contribution >= 0.6 is 8.69 Å². The van der Waals surface area contributed by atoms with Crippen LogP contribution in [0.5, 0.6) is 5.75 Å². The fourth-order valence-electron chi connectivity index (χ4n) is 1.52. The Balaban J connectivity index is 2.40. The summed E-state index contributed by atoms with van der Waals surface area (Å²) in [6.45, 7) is 0. The lowest BCUT2D eigenvalue weighted by molar-refractivity contribution is 0.103. The van der Waals surface area contributed by atoms with Gasteiger partial charge in [-0.15, -0.1) is 0 Å². The third kappa shape index (κ3) is 2.58. The van der Waals surface area contributed by atoms with Gasteiger partial charge in [-0.1, -0.05) is 42.5 Å². The molecule has 0 aliphatic carbocycles. The zero-order valence-corrected chi connectivity index (χ0v) is 9.76. The van der Waals surface area contributed by atoms with Crippen LogP contribution in [0.15, 0.2) is 54.6 Å². The molecular weight excluding hydrogens is 235 g/mol. The van der Waals surface area contributed by atoms with Crippen molar-refractivity contribution in [3.63, 3.8) is 0 Å². The van der Waals surface area contributed by atoms with Gasteiger partial charge < -0.3 is 4.52 Å². The van der Waals surface area contributed by atoms with Gasteiger partial charge in [0.25, 0.3) is 0 Å². The van der Waals surface area contributed by atoms with Gasteiger partial charge in [0.05, 0.1) is 5.56 Å². The highest BCUT2D eigenvalue weighted by Crippen LogP contribution is 2.23. The zero-order chi connectivity index (χ0) is 12.1. The van der Waals surface area contributed by atoms with Crippen LogP contribution in [0.3, 0.4) is 0 Å². The van der Waals surface area contributed by atoms with E-state index in [1.165, 1.54) is 0 Å². The molecule has 2 aromatic carbocycles. The average molecular weight is 244 g/mol. The number of carbonyl (C=O) groups excluding carboxylic acids is 1. The predicted molar refractivity (Wildman–Crippen MR) is 64.6 cm³/mol. The normalized spacial score (nSPS) is 10.1. The molecular formula is C13H9O3P. The lowest BCUT2D eigenvalue weighted by atomic mass is 10.0. The number of hydrogen-bond acceptors (Lipinski definition) is 3. The average Bonchev–Trinajstić information content (AvgIpc) is 2.40. The van der Waals surface area contributed by atoms with Gasteiger partial charge in [-0.25, -0.2) is 4.57 Å². The Labute approximate surface area is 100 Å². The highest BCUT2D eigenvalue weighted by Gasteiger charge is 2.13. The molecule has 2 aromatic rings. The van der Waals surface area contributed by atoms with Crippen LogP contribution in [0.25, 0.3) is 0 Å². The van der Waals surface area contributed by atoms with E-state index in [2.05, 4.69) is 0 Å². The molecule has 0 saturated carbocycles. The van der Waals surface area contributed by atoms with E-state index in [0.29, 0.717) is 16.9 Å². The fraction of sp³-hybridized carbons (Fsp3) is 0. The minimum absolute atomic E-state index is 0.148. The van der Waals surface area contributed by atoms with Crippen LogP contribution in [0.4, 0.5) is 0 Å². The Bertz CT molecular complexity index is 537. The number of para-hydroxylation sites is 1. The van der Waals surface area contributed by atoms with Crippen LogP contribution in [-0.2, 0) is 4.57 Å². The van der Waals surface area contributed by atoms with Crippen molar-refractivity contribution in [3.8, 4) is 5.75 Å². The third-order valence-corrected chi connectivity index (χ3v) is 2.57. The molecule has 0 aliphatic heterocycles.